The summed E-state index contributed by atoms with van der Waals surface area (Å²) in [5, 5.41) is 9.07. The molecule has 0 N–H and O–H groups in total. The van der Waals surface area contributed by atoms with Gasteiger partial charge in [-0.25, -0.2) is 4.98 Å². The van der Waals surface area contributed by atoms with Crippen LogP contribution >= 0.6 is 11.3 Å². The Bertz CT molecular complexity index is 3520. The van der Waals surface area contributed by atoms with E-state index in [0.29, 0.717) is 17.6 Å². The Morgan fingerprint density at radius 3 is 2.20 bits per heavy atom. The highest BCUT2D eigenvalue weighted by Gasteiger charge is 2.22. The summed E-state index contributed by atoms with van der Waals surface area (Å²) in [5.74, 6) is 1.70. The van der Waals surface area contributed by atoms with Gasteiger partial charge in [0.2, 0.25) is 5.95 Å². The van der Waals surface area contributed by atoms with Crippen molar-refractivity contribution in [2.24, 2.45) is 0 Å². The minimum Gasteiger partial charge on any atom is -0.454 e. The minimum absolute atomic E-state index is 0.544. The van der Waals surface area contributed by atoms with Gasteiger partial charge in [-0.15, -0.1) is 11.3 Å². The molecule has 12 rings (SSSR count). The number of benzene rings is 7. The molecule has 0 atom stereocenters. The standard InChI is InChI=1S/C48H27N5OS/c1-2-10-29-25-31(20-19-28(29)9-1)46-50-47(37-14-8-17-40-45(37)36-23-24-49-27-41(36)54-40)52-48(51-46)53-38-15-5-3-12-35(38)44-32(13-7-16-39(44)53)30-21-22-34-33-11-4-6-18-42(33)55-43(34)26-30/h1-27H. The fourth-order valence-corrected chi connectivity index (χ4v) is 9.42. The summed E-state index contributed by atoms with van der Waals surface area (Å²) in [5.41, 5.74) is 7.64. The molecule has 0 saturated heterocycles. The van der Waals surface area contributed by atoms with Crippen LogP contribution in [0.1, 0.15) is 0 Å². The quantitative estimate of drug-likeness (QED) is 0.181. The Balaban J connectivity index is 1.14. The van der Waals surface area contributed by atoms with E-state index < -0.39 is 0 Å². The number of thiophene rings is 1. The average Bonchev–Trinajstić information content (AvgIpc) is 3.92. The monoisotopic (exact) mass is 721 g/mol. The van der Waals surface area contributed by atoms with Crippen LogP contribution in [0.3, 0.4) is 0 Å². The molecule has 0 saturated carbocycles. The molecular weight excluding hydrogens is 695 g/mol. The molecule has 7 aromatic carbocycles. The molecule has 0 aliphatic rings. The zero-order chi connectivity index (χ0) is 36.0. The molecule has 0 fully saturated rings. The SMILES string of the molecule is c1ccc2cc(-c3nc(-c4cccc5oc6cnccc6c45)nc(-n4c5ccccc5c5c(-c6ccc7c(c6)sc6ccccc67)cccc54)n3)ccc2c1. The third-order valence-electron chi connectivity index (χ3n) is 10.8. The van der Waals surface area contributed by atoms with Crippen LogP contribution in [0.2, 0.25) is 0 Å². The predicted molar refractivity (Wildman–Crippen MR) is 226 cm³/mol. The summed E-state index contributed by atoms with van der Waals surface area (Å²) in [4.78, 5) is 20.1. The zero-order valence-corrected chi connectivity index (χ0v) is 30.0. The van der Waals surface area contributed by atoms with Crippen molar-refractivity contribution in [3.05, 3.63) is 164 Å². The number of rotatable bonds is 4. The maximum absolute atomic E-state index is 6.26. The lowest BCUT2D eigenvalue weighted by molar-refractivity contribution is 0.667. The smallest absolute Gasteiger partial charge is 0.238 e. The van der Waals surface area contributed by atoms with E-state index in [1.54, 1.807) is 12.4 Å². The van der Waals surface area contributed by atoms with Crippen molar-refractivity contribution < 1.29 is 4.42 Å². The highest BCUT2D eigenvalue weighted by molar-refractivity contribution is 7.25. The Hall–Kier alpha value is -7.22. The highest BCUT2D eigenvalue weighted by Crippen LogP contribution is 2.42. The van der Waals surface area contributed by atoms with Crippen molar-refractivity contribution >= 4 is 86.0 Å². The second-order valence-corrected chi connectivity index (χ2v) is 14.9. The van der Waals surface area contributed by atoms with Gasteiger partial charge in [-0.3, -0.25) is 9.55 Å². The van der Waals surface area contributed by atoms with Crippen molar-refractivity contribution in [1.29, 1.82) is 0 Å². The third kappa shape index (κ3) is 4.60. The van der Waals surface area contributed by atoms with E-state index in [0.717, 1.165) is 65.6 Å². The van der Waals surface area contributed by atoms with E-state index in [1.807, 2.05) is 29.5 Å². The molecule has 0 aliphatic carbocycles. The number of fused-ring (bicyclic) bond motifs is 10. The number of nitrogens with zero attached hydrogens (tertiary/aromatic N) is 5. The molecule has 0 bridgehead atoms. The fourth-order valence-electron chi connectivity index (χ4n) is 8.28. The summed E-state index contributed by atoms with van der Waals surface area (Å²) in [6.07, 6.45) is 3.55. The average molecular weight is 722 g/mol. The van der Waals surface area contributed by atoms with Crippen molar-refractivity contribution in [3.8, 4) is 39.9 Å². The summed E-state index contributed by atoms with van der Waals surface area (Å²) in [7, 11) is 0. The van der Waals surface area contributed by atoms with Gasteiger partial charge in [-0.2, -0.15) is 9.97 Å². The lowest BCUT2D eigenvalue weighted by Gasteiger charge is -2.12. The number of aromatic nitrogens is 5. The lowest BCUT2D eigenvalue weighted by atomic mass is 9.98. The maximum atomic E-state index is 6.26. The van der Waals surface area contributed by atoms with Crippen LogP contribution in [0.25, 0.3) is 115 Å². The largest absolute Gasteiger partial charge is 0.454 e. The number of hydrogen-bond acceptors (Lipinski definition) is 6. The van der Waals surface area contributed by atoms with Crippen LogP contribution in [0.5, 0.6) is 0 Å². The van der Waals surface area contributed by atoms with Crippen molar-refractivity contribution in [2.75, 3.05) is 0 Å². The van der Waals surface area contributed by atoms with Crippen molar-refractivity contribution in [3.63, 3.8) is 0 Å². The fraction of sp³-hybridized carbons (Fsp3) is 0. The van der Waals surface area contributed by atoms with Gasteiger partial charge >= 0.3 is 0 Å². The van der Waals surface area contributed by atoms with Gasteiger partial charge in [-0.1, -0.05) is 109 Å². The maximum Gasteiger partial charge on any atom is 0.238 e. The highest BCUT2D eigenvalue weighted by atomic mass is 32.1. The normalized spacial score (nSPS) is 12.0. The predicted octanol–water partition coefficient (Wildman–Crippen LogP) is 12.8. The molecule has 0 aliphatic heterocycles. The second-order valence-electron chi connectivity index (χ2n) is 13.9. The van der Waals surface area contributed by atoms with E-state index in [1.165, 1.54) is 31.3 Å². The molecule has 256 valence electrons. The Labute approximate surface area is 317 Å². The minimum atomic E-state index is 0.544. The van der Waals surface area contributed by atoms with E-state index in [-0.39, 0.29) is 0 Å². The molecule has 5 heterocycles. The number of furan rings is 1. The molecule has 0 amide bonds. The molecule has 0 unspecified atom stereocenters. The van der Waals surface area contributed by atoms with Crippen LogP contribution in [0.4, 0.5) is 0 Å². The number of para-hydroxylation sites is 1. The van der Waals surface area contributed by atoms with Crippen LogP contribution in [-0.4, -0.2) is 24.5 Å². The molecule has 55 heavy (non-hydrogen) atoms. The van der Waals surface area contributed by atoms with Crippen LogP contribution < -0.4 is 0 Å². The first-order valence-electron chi connectivity index (χ1n) is 18.2. The van der Waals surface area contributed by atoms with E-state index in [9.17, 15) is 0 Å². The molecule has 7 heteroatoms. The molecule has 0 radical (unpaired) electrons. The molecule has 0 spiro atoms. The Morgan fingerprint density at radius 2 is 1.24 bits per heavy atom. The van der Waals surface area contributed by atoms with Gasteiger partial charge in [0.05, 0.1) is 17.2 Å². The number of pyridine rings is 1. The second kappa shape index (κ2) is 11.6. The molecule has 12 aromatic rings. The van der Waals surface area contributed by atoms with Crippen LogP contribution in [-0.2, 0) is 0 Å². The Kier molecular flexibility index (Phi) is 6.40. The van der Waals surface area contributed by atoms with Crippen molar-refractivity contribution in [1.82, 2.24) is 24.5 Å². The zero-order valence-electron chi connectivity index (χ0n) is 29.1. The van der Waals surface area contributed by atoms with Gasteiger partial charge in [0.25, 0.3) is 0 Å². The lowest BCUT2D eigenvalue weighted by Crippen LogP contribution is -2.06. The third-order valence-corrected chi connectivity index (χ3v) is 11.9. The molecule has 5 aromatic heterocycles. The first kappa shape index (κ1) is 30.3. The van der Waals surface area contributed by atoms with Crippen LogP contribution in [0, 0.1) is 0 Å². The number of hydrogen-bond donors (Lipinski definition) is 0. The van der Waals surface area contributed by atoms with Gasteiger partial charge < -0.3 is 4.42 Å². The van der Waals surface area contributed by atoms with E-state index in [2.05, 4.69) is 143 Å². The van der Waals surface area contributed by atoms with Gasteiger partial charge in [0, 0.05) is 59.0 Å². The van der Waals surface area contributed by atoms with Gasteiger partial charge in [-0.05, 0) is 64.4 Å². The van der Waals surface area contributed by atoms with Gasteiger partial charge in [0.1, 0.15) is 5.58 Å². The van der Waals surface area contributed by atoms with E-state index in [4.69, 9.17) is 19.4 Å². The summed E-state index contributed by atoms with van der Waals surface area (Å²) in [6.45, 7) is 0. The Morgan fingerprint density at radius 1 is 0.473 bits per heavy atom. The van der Waals surface area contributed by atoms with Crippen LogP contribution in [0.15, 0.2) is 168 Å². The van der Waals surface area contributed by atoms with E-state index >= 15 is 0 Å². The molecular formula is C48H27N5OS. The van der Waals surface area contributed by atoms with Crippen molar-refractivity contribution in [2.45, 2.75) is 0 Å². The summed E-state index contributed by atoms with van der Waals surface area (Å²) in [6, 6.07) is 53.4. The van der Waals surface area contributed by atoms with Gasteiger partial charge in [0.15, 0.2) is 17.2 Å². The summed E-state index contributed by atoms with van der Waals surface area (Å²) < 4.78 is 11.0. The first-order chi connectivity index (χ1) is 27.2. The summed E-state index contributed by atoms with van der Waals surface area (Å²) >= 11 is 1.84. The first-order valence-corrected chi connectivity index (χ1v) is 19.0. The topological polar surface area (TPSA) is 69.6 Å². The molecule has 6 nitrogen and oxygen atoms in total.